The fourth-order valence-corrected chi connectivity index (χ4v) is 3.94. The summed E-state index contributed by atoms with van der Waals surface area (Å²) in [5, 5.41) is 3.89. The molecular weight excluding hydrogens is 218 g/mol. The van der Waals surface area contributed by atoms with E-state index in [2.05, 4.69) is 37.4 Å². The summed E-state index contributed by atoms with van der Waals surface area (Å²) >= 11 is 0. The van der Waals surface area contributed by atoms with Crippen molar-refractivity contribution in [3.63, 3.8) is 0 Å². The highest BCUT2D eigenvalue weighted by Gasteiger charge is 2.37. The number of hydrogen-bond acceptors (Lipinski definition) is 1. The van der Waals surface area contributed by atoms with E-state index in [-0.39, 0.29) is 0 Å². The highest BCUT2D eigenvalue weighted by atomic mass is 15.0. The van der Waals surface area contributed by atoms with Gasteiger partial charge in [0.1, 0.15) is 0 Å². The first-order valence-corrected chi connectivity index (χ1v) is 7.63. The van der Waals surface area contributed by atoms with Crippen LogP contribution in [0, 0.1) is 0 Å². The maximum Gasteiger partial charge on any atom is 0.0379 e. The van der Waals surface area contributed by atoms with Crippen LogP contribution in [-0.4, -0.2) is 5.54 Å². The molecule has 18 heavy (non-hydrogen) atoms. The van der Waals surface area contributed by atoms with Gasteiger partial charge < -0.3 is 5.32 Å². The Morgan fingerprint density at radius 2 is 2.00 bits per heavy atom. The fourth-order valence-electron chi connectivity index (χ4n) is 3.94. The summed E-state index contributed by atoms with van der Waals surface area (Å²) in [6.07, 6.45) is 9.45. The van der Waals surface area contributed by atoms with Crippen LogP contribution in [0.3, 0.4) is 0 Å². The highest BCUT2D eigenvalue weighted by Crippen LogP contribution is 2.45. The minimum Gasteiger partial charge on any atom is -0.379 e. The molecule has 1 spiro atoms. The van der Waals surface area contributed by atoms with Crippen LogP contribution in [0.15, 0.2) is 18.2 Å². The molecule has 0 bridgehead atoms. The predicted molar refractivity (Wildman–Crippen MR) is 78.3 cm³/mol. The zero-order valence-electron chi connectivity index (χ0n) is 11.8. The molecule has 3 rings (SSSR count). The van der Waals surface area contributed by atoms with E-state index in [1.54, 1.807) is 5.56 Å². The van der Waals surface area contributed by atoms with Gasteiger partial charge in [0.15, 0.2) is 0 Å². The smallest absolute Gasteiger partial charge is 0.0379 e. The topological polar surface area (TPSA) is 12.0 Å². The van der Waals surface area contributed by atoms with Gasteiger partial charge in [0.25, 0.3) is 0 Å². The molecule has 1 nitrogen and oxygen atoms in total. The Morgan fingerprint density at radius 3 is 2.72 bits per heavy atom. The number of benzene rings is 1. The number of anilines is 1. The molecule has 1 atom stereocenters. The van der Waals surface area contributed by atoms with Crippen LogP contribution in [0.2, 0.25) is 0 Å². The minimum atomic E-state index is 0.415. The Morgan fingerprint density at radius 1 is 1.22 bits per heavy atom. The standard InChI is InChI=1S/C17H25N/c1-3-14-7-8-16-15(11-14)13(2)12-17(18-16)9-5-4-6-10-17/h7-8,11,13,18H,3-6,9-10,12H2,1-2H3. The Bertz CT molecular complexity index is 429. The summed E-state index contributed by atoms with van der Waals surface area (Å²) in [6, 6.07) is 7.03. The second-order valence-corrected chi connectivity index (χ2v) is 6.35. The van der Waals surface area contributed by atoms with Crippen LogP contribution in [0.1, 0.15) is 69.4 Å². The van der Waals surface area contributed by atoms with Crippen LogP contribution in [0.25, 0.3) is 0 Å². The van der Waals surface area contributed by atoms with Crippen molar-refractivity contribution in [3.05, 3.63) is 29.3 Å². The molecule has 1 aromatic carbocycles. The van der Waals surface area contributed by atoms with Crippen molar-refractivity contribution in [2.75, 3.05) is 5.32 Å². The van der Waals surface area contributed by atoms with E-state index in [1.165, 1.54) is 49.8 Å². The summed E-state index contributed by atoms with van der Waals surface area (Å²) in [6.45, 7) is 4.65. The van der Waals surface area contributed by atoms with E-state index in [0.29, 0.717) is 11.5 Å². The van der Waals surface area contributed by atoms with Gasteiger partial charge in [0, 0.05) is 11.2 Å². The zero-order chi connectivity index (χ0) is 12.6. The number of aryl methyl sites for hydroxylation is 1. The third-order valence-corrected chi connectivity index (χ3v) is 4.96. The third-order valence-electron chi connectivity index (χ3n) is 4.96. The monoisotopic (exact) mass is 243 g/mol. The lowest BCUT2D eigenvalue weighted by Gasteiger charge is -2.45. The van der Waals surface area contributed by atoms with Crippen LogP contribution >= 0.6 is 0 Å². The molecule has 1 saturated carbocycles. The summed E-state index contributed by atoms with van der Waals surface area (Å²) in [4.78, 5) is 0. The molecule has 0 aromatic heterocycles. The predicted octanol–water partition coefficient (Wildman–Crippen LogP) is 4.87. The van der Waals surface area contributed by atoms with E-state index in [4.69, 9.17) is 0 Å². The van der Waals surface area contributed by atoms with Gasteiger partial charge in [-0.25, -0.2) is 0 Å². The van der Waals surface area contributed by atoms with Crippen molar-refractivity contribution in [2.45, 2.75) is 70.3 Å². The normalized spacial score (nSPS) is 25.6. The lowest BCUT2D eigenvalue weighted by atomic mass is 9.71. The molecule has 0 saturated heterocycles. The van der Waals surface area contributed by atoms with Gasteiger partial charge in [-0.05, 0) is 48.8 Å². The van der Waals surface area contributed by atoms with Crippen LogP contribution in [-0.2, 0) is 6.42 Å². The van der Waals surface area contributed by atoms with Crippen LogP contribution < -0.4 is 5.32 Å². The molecule has 1 aliphatic heterocycles. The minimum absolute atomic E-state index is 0.415. The molecule has 1 unspecified atom stereocenters. The summed E-state index contributed by atoms with van der Waals surface area (Å²) < 4.78 is 0. The van der Waals surface area contributed by atoms with Gasteiger partial charge in [-0.1, -0.05) is 45.2 Å². The summed E-state index contributed by atoms with van der Waals surface area (Å²) in [7, 11) is 0. The van der Waals surface area contributed by atoms with Gasteiger partial charge in [-0.15, -0.1) is 0 Å². The van der Waals surface area contributed by atoms with E-state index >= 15 is 0 Å². The quantitative estimate of drug-likeness (QED) is 0.742. The number of fused-ring (bicyclic) bond motifs is 1. The third kappa shape index (κ3) is 2.04. The summed E-state index contributed by atoms with van der Waals surface area (Å²) in [5.74, 6) is 0.714. The maximum absolute atomic E-state index is 3.89. The maximum atomic E-state index is 3.89. The second-order valence-electron chi connectivity index (χ2n) is 6.35. The van der Waals surface area contributed by atoms with Crippen molar-refractivity contribution in [1.82, 2.24) is 0 Å². The van der Waals surface area contributed by atoms with Crippen molar-refractivity contribution < 1.29 is 0 Å². The van der Waals surface area contributed by atoms with Crippen molar-refractivity contribution in [2.24, 2.45) is 0 Å². The highest BCUT2D eigenvalue weighted by molar-refractivity contribution is 5.58. The zero-order valence-corrected chi connectivity index (χ0v) is 11.8. The lowest BCUT2D eigenvalue weighted by molar-refractivity contribution is 0.281. The van der Waals surface area contributed by atoms with Crippen molar-refractivity contribution in [3.8, 4) is 0 Å². The molecule has 0 amide bonds. The average Bonchev–Trinajstić information content (AvgIpc) is 2.39. The lowest BCUT2D eigenvalue weighted by Crippen LogP contribution is -2.44. The molecule has 1 aliphatic carbocycles. The molecule has 1 heteroatoms. The Hall–Kier alpha value is -0.980. The largest absolute Gasteiger partial charge is 0.379 e. The first-order valence-electron chi connectivity index (χ1n) is 7.63. The fraction of sp³-hybridized carbons (Fsp3) is 0.647. The van der Waals surface area contributed by atoms with Crippen molar-refractivity contribution >= 4 is 5.69 Å². The van der Waals surface area contributed by atoms with E-state index in [9.17, 15) is 0 Å². The first-order chi connectivity index (χ1) is 8.72. The van der Waals surface area contributed by atoms with Crippen LogP contribution in [0.5, 0.6) is 0 Å². The van der Waals surface area contributed by atoms with E-state index in [1.807, 2.05) is 0 Å². The van der Waals surface area contributed by atoms with Crippen molar-refractivity contribution in [1.29, 1.82) is 0 Å². The molecular formula is C17H25N. The number of hydrogen-bond donors (Lipinski definition) is 1. The first kappa shape index (κ1) is 12.1. The van der Waals surface area contributed by atoms with Gasteiger partial charge in [0.05, 0.1) is 0 Å². The summed E-state index contributed by atoms with van der Waals surface area (Å²) in [5.41, 5.74) is 4.85. The Balaban J connectivity index is 1.92. The SMILES string of the molecule is CCc1ccc2c(c1)C(C)CC1(CCCCC1)N2. The molecule has 1 heterocycles. The van der Waals surface area contributed by atoms with Gasteiger partial charge in [-0.3, -0.25) is 0 Å². The van der Waals surface area contributed by atoms with Gasteiger partial charge in [0.2, 0.25) is 0 Å². The van der Waals surface area contributed by atoms with Gasteiger partial charge in [-0.2, -0.15) is 0 Å². The molecule has 1 aromatic rings. The number of rotatable bonds is 1. The molecule has 0 radical (unpaired) electrons. The Labute approximate surface area is 111 Å². The van der Waals surface area contributed by atoms with E-state index in [0.717, 1.165) is 6.42 Å². The number of nitrogens with one attached hydrogen (secondary N) is 1. The molecule has 2 aliphatic rings. The second kappa shape index (κ2) is 4.60. The molecule has 1 fully saturated rings. The van der Waals surface area contributed by atoms with Crippen LogP contribution in [0.4, 0.5) is 5.69 Å². The average molecular weight is 243 g/mol. The Kier molecular flexibility index (Phi) is 3.09. The molecule has 1 N–H and O–H groups in total. The van der Waals surface area contributed by atoms with Gasteiger partial charge >= 0.3 is 0 Å². The molecule has 98 valence electrons. The van der Waals surface area contributed by atoms with E-state index < -0.39 is 0 Å².